The predicted molar refractivity (Wildman–Crippen MR) is 136 cm³/mol. The first kappa shape index (κ1) is 24.7. The molecule has 0 aliphatic carbocycles. The van der Waals surface area contributed by atoms with Crippen LogP contribution in [-0.4, -0.2) is 13.1 Å². The Labute approximate surface area is 198 Å². The van der Waals surface area contributed by atoms with Crippen molar-refractivity contribution in [2.24, 2.45) is 0 Å². The molecular weight excluding hydrogens is 408 g/mol. The molecule has 3 aromatic carbocycles. The normalized spacial score (nSPS) is 12.8. The van der Waals surface area contributed by atoms with Crippen molar-refractivity contribution in [3.05, 3.63) is 89.5 Å². The maximum Gasteiger partial charge on any atom is 0.343 e. The van der Waals surface area contributed by atoms with Gasteiger partial charge in [-0.25, -0.2) is 4.79 Å². The Hall–Kier alpha value is -2.91. The number of hydrogen-bond donors (Lipinski definition) is 0. The molecule has 0 radical (unpaired) electrons. The fourth-order valence-electron chi connectivity index (χ4n) is 4.13. The van der Waals surface area contributed by atoms with Gasteiger partial charge in [-0.2, -0.15) is 0 Å². The summed E-state index contributed by atoms with van der Waals surface area (Å²) in [6, 6.07) is 23.9. The van der Waals surface area contributed by atoms with E-state index in [-0.39, 0.29) is 12.1 Å². The van der Waals surface area contributed by atoms with Crippen molar-refractivity contribution in [3.8, 4) is 16.9 Å². The fourth-order valence-corrected chi connectivity index (χ4v) is 4.13. The molecule has 0 aromatic heterocycles. The summed E-state index contributed by atoms with van der Waals surface area (Å²) in [5.74, 6) is 0.829. The first-order chi connectivity index (χ1) is 16.0. The van der Waals surface area contributed by atoms with E-state index in [1.165, 1.54) is 37.7 Å². The minimum atomic E-state index is -0.338. The van der Waals surface area contributed by atoms with Crippen LogP contribution in [0.5, 0.6) is 5.75 Å². The number of ether oxygens (including phenoxy) is 2. The molecule has 3 nitrogen and oxygen atoms in total. The van der Waals surface area contributed by atoms with Crippen molar-refractivity contribution >= 4 is 5.97 Å². The van der Waals surface area contributed by atoms with Gasteiger partial charge in [-0.15, -0.1) is 0 Å². The average Bonchev–Trinajstić information content (AvgIpc) is 2.87. The van der Waals surface area contributed by atoms with Gasteiger partial charge in [-0.3, -0.25) is 0 Å². The highest BCUT2D eigenvalue weighted by molar-refractivity contribution is 5.91. The number of benzene rings is 3. The second-order valence-electron chi connectivity index (χ2n) is 8.66. The van der Waals surface area contributed by atoms with E-state index >= 15 is 0 Å². The van der Waals surface area contributed by atoms with Gasteiger partial charge in [0, 0.05) is 7.11 Å². The van der Waals surface area contributed by atoms with Gasteiger partial charge >= 0.3 is 5.97 Å². The van der Waals surface area contributed by atoms with Crippen LogP contribution in [0.15, 0.2) is 72.8 Å². The number of unbranched alkanes of at least 4 members (excludes halogenated alkanes) is 1. The molecule has 0 saturated carbocycles. The number of methoxy groups -OCH3 is 1. The molecular formula is C30H36O3. The summed E-state index contributed by atoms with van der Waals surface area (Å²) >= 11 is 0. The summed E-state index contributed by atoms with van der Waals surface area (Å²) in [6.45, 7) is 6.49. The van der Waals surface area contributed by atoms with Crippen molar-refractivity contribution in [3.63, 3.8) is 0 Å². The van der Waals surface area contributed by atoms with Crippen LogP contribution < -0.4 is 4.74 Å². The summed E-state index contributed by atoms with van der Waals surface area (Å²) in [5, 5.41) is 0. The SMILES string of the molecule is CCCCC(CCC)c1ccc(OC(=O)c2ccc(-c3ccc(C(C)OC)cc3)cc2)cc1. The number of carbonyl (C=O) groups is 1. The van der Waals surface area contributed by atoms with Gasteiger partial charge in [-0.1, -0.05) is 81.6 Å². The molecule has 0 saturated heterocycles. The smallest absolute Gasteiger partial charge is 0.343 e. The van der Waals surface area contributed by atoms with Crippen LogP contribution in [0.1, 0.15) is 86.4 Å². The molecule has 3 aromatic rings. The van der Waals surface area contributed by atoms with Crippen molar-refractivity contribution in [2.45, 2.75) is 64.9 Å². The topological polar surface area (TPSA) is 35.5 Å². The van der Waals surface area contributed by atoms with Crippen molar-refractivity contribution in [2.75, 3.05) is 7.11 Å². The lowest BCUT2D eigenvalue weighted by Crippen LogP contribution is -2.08. The van der Waals surface area contributed by atoms with Crippen LogP contribution in [0.25, 0.3) is 11.1 Å². The van der Waals surface area contributed by atoms with Crippen molar-refractivity contribution < 1.29 is 14.3 Å². The highest BCUT2D eigenvalue weighted by Gasteiger charge is 2.13. The molecule has 0 bridgehead atoms. The Balaban J connectivity index is 1.63. The third-order valence-corrected chi connectivity index (χ3v) is 6.29. The standard InChI is InChI=1S/C30H36O3/c1-5-7-9-24(8-6-2)27-18-20-29(21-19-27)33-30(31)28-16-14-26(15-17-28)25-12-10-23(11-13-25)22(3)32-4/h10-22,24H,5-9H2,1-4H3. The lowest BCUT2D eigenvalue weighted by atomic mass is 9.90. The second kappa shape index (κ2) is 12.4. The predicted octanol–water partition coefficient (Wildman–Crippen LogP) is 8.35. The van der Waals surface area contributed by atoms with Crippen LogP contribution in [-0.2, 0) is 4.74 Å². The largest absolute Gasteiger partial charge is 0.423 e. The number of esters is 1. The Morgan fingerprint density at radius 1 is 0.758 bits per heavy atom. The highest BCUT2D eigenvalue weighted by atomic mass is 16.5. The molecule has 0 amide bonds. The first-order valence-corrected chi connectivity index (χ1v) is 12.1. The molecule has 0 spiro atoms. The zero-order chi connectivity index (χ0) is 23.6. The van der Waals surface area contributed by atoms with Crippen LogP contribution in [0.2, 0.25) is 0 Å². The Morgan fingerprint density at radius 3 is 1.88 bits per heavy atom. The van der Waals surface area contributed by atoms with E-state index in [0.717, 1.165) is 16.7 Å². The van der Waals surface area contributed by atoms with Crippen LogP contribution in [0, 0.1) is 0 Å². The summed E-state index contributed by atoms with van der Waals surface area (Å²) in [4.78, 5) is 12.6. The van der Waals surface area contributed by atoms with Crippen LogP contribution in [0.4, 0.5) is 0 Å². The summed E-state index contributed by atoms with van der Waals surface area (Å²) < 4.78 is 11.0. The Kier molecular flexibility index (Phi) is 9.26. The van der Waals surface area contributed by atoms with Gasteiger partial charge in [-0.05, 0) is 72.2 Å². The number of carbonyl (C=O) groups excluding carboxylic acids is 1. The molecule has 2 unspecified atom stereocenters. The lowest BCUT2D eigenvalue weighted by molar-refractivity contribution is 0.0734. The molecule has 0 aliphatic rings. The van der Waals surface area contributed by atoms with Gasteiger partial charge in [0.15, 0.2) is 0 Å². The molecule has 0 N–H and O–H groups in total. The van der Waals surface area contributed by atoms with Gasteiger partial charge in [0.1, 0.15) is 5.75 Å². The number of hydrogen-bond acceptors (Lipinski definition) is 3. The Bertz CT molecular complexity index is 988. The van der Waals surface area contributed by atoms with Crippen LogP contribution >= 0.6 is 0 Å². The molecule has 0 fully saturated rings. The van der Waals surface area contributed by atoms with E-state index in [4.69, 9.17) is 9.47 Å². The fraction of sp³-hybridized carbons (Fsp3) is 0.367. The van der Waals surface area contributed by atoms with Gasteiger partial charge in [0.05, 0.1) is 11.7 Å². The van der Waals surface area contributed by atoms with Gasteiger partial charge in [0.25, 0.3) is 0 Å². The zero-order valence-corrected chi connectivity index (χ0v) is 20.3. The molecule has 2 atom stereocenters. The minimum absolute atomic E-state index is 0.0686. The molecule has 0 heterocycles. The van der Waals surface area contributed by atoms with E-state index in [2.05, 4.69) is 50.2 Å². The number of rotatable bonds is 11. The molecule has 174 valence electrons. The zero-order valence-electron chi connectivity index (χ0n) is 20.3. The Morgan fingerprint density at radius 2 is 1.33 bits per heavy atom. The minimum Gasteiger partial charge on any atom is -0.423 e. The molecule has 3 rings (SSSR count). The molecule has 0 aliphatic heterocycles. The maximum absolute atomic E-state index is 12.6. The summed E-state index contributed by atoms with van der Waals surface area (Å²) in [6.07, 6.45) is 6.11. The maximum atomic E-state index is 12.6. The summed E-state index contributed by atoms with van der Waals surface area (Å²) in [5.41, 5.74) is 5.17. The van der Waals surface area contributed by atoms with Gasteiger partial charge < -0.3 is 9.47 Å². The molecule has 33 heavy (non-hydrogen) atoms. The van der Waals surface area contributed by atoms with Gasteiger partial charge in [0.2, 0.25) is 0 Å². The van der Waals surface area contributed by atoms with E-state index in [0.29, 0.717) is 17.2 Å². The highest BCUT2D eigenvalue weighted by Crippen LogP contribution is 2.29. The van der Waals surface area contributed by atoms with Crippen molar-refractivity contribution in [1.82, 2.24) is 0 Å². The average molecular weight is 445 g/mol. The summed E-state index contributed by atoms with van der Waals surface area (Å²) in [7, 11) is 1.71. The van der Waals surface area contributed by atoms with E-state index in [1.54, 1.807) is 7.11 Å². The monoisotopic (exact) mass is 444 g/mol. The van der Waals surface area contributed by atoms with E-state index < -0.39 is 0 Å². The van der Waals surface area contributed by atoms with E-state index in [9.17, 15) is 4.79 Å². The third-order valence-electron chi connectivity index (χ3n) is 6.29. The lowest BCUT2D eigenvalue weighted by Gasteiger charge is -2.16. The quantitative estimate of drug-likeness (QED) is 0.220. The van der Waals surface area contributed by atoms with Crippen LogP contribution in [0.3, 0.4) is 0 Å². The third kappa shape index (κ3) is 6.79. The van der Waals surface area contributed by atoms with E-state index in [1.807, 2.05) is 43.3 Å². The molecule has 3 heteroatoms. The second-order valence-corrected chi connectivity index (χ2v) is 8.66. The van der Waals surface area contributed by atoms with Crippen molar-refractivity contribution in [1.29, 1.82) is 0 Å². The first-order valence-electron chi connectivity index (χ1n) is 12.1.